The number of rotatable bonds is 3. The number of hydrogen-bond acceptors (Lipinski definition) is 5. The highest BCUT2D eigenvalue weighted by atomic mass is 16.5. The molecule has 1 aromatic heterocycles. The second kappa shape index (κ2) is 5.54. The minimum absolute atomic E-state index is 0.00253. The van der Waals surface area contributed by atoms with Gasteiger partial charge in [-0.3, -0.25) is 9.59 Å². The molecule has 3 fully saturated rings. The molecule has 24 heavy (non-hydrogen) atoms. The molecule has 2 aliphatic heterocycles. The fraction of sp³-hybridized carbons (Fsp3) is 0.750. The highest BCUT2D eigenvalue weighted by Gasteiger charge is 2.54. The van der Waals surface area contributed by atoms with Gasteiger partial charge in [0.1, 0.15) is 0 Å². The lowest BCUT2D eigenvalue weighted by molar-refractivity contribution is -0.138. The molecule has 2 atom stereocenters. The summed E-state index contributed by atoms with van der Waals surface area (Å²) in [4.78, 5) is 31.7. The average Bonchev–Trinajstić information content (AvgIpc) is 3.25. The van der Waals surface area contributed by atoms with Gasteiger partial charge in [0.15, 0.2) is 5.82 Å². The van der Waals surface area contributed by atoms with Crippen molar-refractivity contribution in [2.75, 3.05) is 33.4 Å². The standard InChI is InChI=1S/C16H23N5O3/c1-17-15(23)16-5-6-24-8-11(16)7-21(9-16)14(22)13-18-12(10-3-4-10)19-20(13)2/h10-11H,3-9H2,1-2H3,(H,17,23)/t11-,16+/m1/s1. The van der Waals surface area contributed by atoms with Crippen LogP contribution in [0.4, 0.5) is 0 Å². The van der Waals surface area contributed by atoms with Crippen LogP contribution in [0.3, 0.4) is 0 Å². The predicted octanol–water partition coefficient (Wildman–Crippen LogP) is -0.0828. The van der Waals surface area contributed by atoms with E-state index >= 15 is 0 Å². The van der Waals surface area contributed by atoms with Crippen LogP contribution in [-0.2, 0) is 16.6 Å². The Bertz CT molecular complexity index is 683. The fourth-order valence-corrected chi connectivity index (χ4v) is 3.97. The summed E-state index contributed by atoms with van der Waals surface area (Å²) in [6, 6.07) is 0. The Morgan fingerprint density at radius 3 is 2.88 bits per heavy atom. The highest BCUT2D eigenvalue weighted by Crippen LogP contribution is 2.43. The summed E-state index contributed by atoms with van der Waals surface area (Å²) in [5, 5.41) is 7.15. The van der Waals surface area contributed by atoms with Crippen molar-refractivity contribution in [2.45, 2.75) is 25.2 Å². The number of nitrogens with zero attached hydrogens (tertiary/aromatic N) is 4. The first-order valence-electron chi connectivity index (χ1n) is 8.55. The molecule has 0 unspecified atom stereocenters. The molecule has 4 rings (SSSR count). The van der Waals surface area contributed by atoms with Gasteiger partial charge in [0.05, 0.1) is 12.0 Å². The number of likely N-dealkylation sites (tertiary alicyclic amines) is 1. The van der Waals surface area contributed by atoms with E-state index in [2.05, 4.69) is 15.4 Å². The molecule has 1 aromatic rings. The van der Waals surface area contributed by atoms with Gasteiger partial charge in [-0.2, -0.15) is 5.10 Å². The number of ether oxygens (including phenoxy) is 1. The van der Waals surface area contributed by atoms with Crippen molar-refractivity contribution in [3.8, 4) is 0 Å². The smallest absolute Gasteiger partial charge is 0.291 e. The van der Waals surface area contributed by atoms with Crippen LogP contribution >= 0.6 is 0 Å². The minimum Gasteiger partial charge on any atom is -0.381 e. The Kier molecular flexibility index (Phi) is 3.59. The van der Waals surface area contributed by atoms with Crippen LogP contribution in [0, 0.1) is 11.3 Å². The van der Waals surface area contributed by atoms with E-state index in [1.807, 2.05) is 0 Å². The number of nitrogens with one attached hydrogen (secondary N) is 1. The monoisotopic (exact) mass is 333 g/mol. The Labute approximate surface area is 140 Å². The third-order valence-electron chi connectivity index (χ3n) is 5.59. The number of amides is 2. The van der Waals surface area contributed by atoms with Crippen LogP contribution in [0.25, 0.3) is 0 Å². The summed E-state index contributed by atoms with van der Waals surface area (Å²) in [6.45, 7) is 2.02. The molecule has 8 nitrogen and oxygen atoms in total. The zero-order valence-electron chi connectivity index (χ0n) is 14.1. The highest BCUT2D eigenvalue weighted by molar-refractivity contribution is 5.92. The number of carbonyl (C=O) groups excluding carboxylic acids is 2. The Balaban J connectivity index is 1.58. The first-order valence-corrected chi connectivity index (χ1v) is 8.55. The van der Waals surface area contributed by atoms with E-state index in [1.165, 1.54) is 0 Å². The van der Waals surface area contributed by atoms with E-state index in [4.69, 9.17) is 4.74 Å². The molecule has 2 saturated heterocycles. The predicted molar refractivity (Wildman–Crippen MR) is 84.3 cm³/mol. The average molecular weight is 333 g/mol. The second-order valence-electron chi connectivity index (χ2n) is 7.13. The van der Waals surface area contributed by atoms with Crippen LogP contribution in [0.15, 0.2) is 0 Å². The quantitative estimate of drug-likeness (QED) is 0.835. The normalized spacial score (nSPS) is 29.4. The Hall–Kier alpha value is -1.96. The molecule has 130 valence electrons. The molecule has 3 aliphatic rings. The van der Waals surface area contributed by atoms with Gasteiger partial charge in [-0.15, -0.1) is 0 Å². The van der Waals surface area contributed by atoms with E-state index in [9.17, 15) is 9.59 Å². The van der Waals surface area contributed by atoms with Gasteiger partial charge in [0.25, 0.3) is 5.91 Å². The lowest BCUT2D eigenvalue weighted by Gasteiger charge is -2.36. The fourth-order valence-electron chi connectivity index (χ4n) is 3.97. The van der Waals surface area contributed by atoms with E-state index in [0.717, 1.165) is 18.7 Å². The summed E-state index contributed by atoms with van der Waals surface area (Å²) < 4.78 is 7.12. The molecule has 2 amide bonds. The second-order valence-corrected chi connectivity index (χ2v) is 7.13. The maximum absolute atomic E-state index is 13.0. The topological polar surface area (TPSA) is 89.3 Å². The van der Waals surface area contributed by atoms with Gasteiger partial charge in [0.2, 0.25) is 11.7 Å². The van der Waals surface area contributed by atoms with Crippen LogP contribution in [0.2, 0.25) is 0 Å². The maximum Gasteiger partial charge on any atom is 0.291 e. The number of fused-ring (bicyclic) bond motifs is 1. The van der Waals surface area contributed by atoms with Gasteiger partial charge in [-0.05, 0) is 19.3 Å². The van der Waals surface area contributed by atoms with E-state index < -0.39 is 5.41 Å². The first kappa shape index (κ1) is 15.6. The van der Waals surface area contributed by atoms with Crippen molar-refractivity contribution in [3.63, 3.8) is 0 Å². The molecule has 0 radical (unpaired) electrons. The van der Waals surface area contributed by atoms with E-state index in [0.29, 0.717) is 44.5 Å². The summed E-state index contributed by atoms with van der Waals surface area (Å²) >= 11 is 0. The number of aryl methyl sites for hydroxylation is 1. The molecule has 0 aromatic carbocycles. The van der Waals surface area contributed by atoms with Crippen molar-refractivity contribution in [1.82, 2.24) is 25.0 Å². The van der Waals surface area contributed by atoms with Gasteiger partial charge >= 0.3 is 0 Å². The molecule has 1 aliphatic carbocycles. The van der Waals surface area contributed by atoms with Crippen LogP contribution in [0.5, 0.6) is 0 Å². The van der Waals surface area contributed by atoms with Crippen molar-refractivity contribution in [2.24, 2.45) is 18.4 Å². The molecule has 0 bridgehead atoms. The van der Waals surface area contributed by atoms with Crippen molar-refractivity contribution in [3.05, 3.63) is 11.6 Å². The lowest BCUT2D eigenvalue weighted by atomic mass is 9.73. The van der Waals surface area contributed by atoms with Crippen LogP contribution < -0.4 is 5.32 Å². The third-order valence-corrected chi connectivity index (χ3v) is 5.59. The largest absolute Gasteiger partial charge is 0.381 e. The van der Waals surface area contributed by atoms with E-state index in [1.54, 1.807) is 23.7 Å². The molecule has 1 N–H and O–H groups in total. The summed E-state index contributed by atoms with van der Waals surface area (Å²) in [6.07, 6.45) is 2.84. The maximum atomic E-state index is 13.0. The van der Waals surface area contributed by atoms with Crippen molar-refractivity contribution < 1.29 is 14.3 Å². The van der Waals surface area contributed by atoms with Crippen LogP contribution in [0.1, 0.15) is 41.6 Å². The molecule has 0 spiro atoms. The molecule has 3 heterocycles. The van der Waals surface area contributed by atoms with Gasteiger partial charge < -0.3 is 15.0 Å². The Morgan fingerprint density at radius 1 is 1.38 bits per heavy atom. The number of aromatic nitrogens is 3. The first-order chi connectivity index (χ1) is 11.5. The number of carbonyl (C=O) groups is 2. The lowest BCUT2D eigenvalue weighted by Crippen LogP contribution is -2.49. The van der Waals surface area contributed by atoms with Crippen molar-refractivity contribution >= 4 is 11.8 Å². The summed E-state index contributed by atoms with van der Waals surface area (Å²) in [7, 11) is 3.41. The van der Waals surface area contributed by atoms with Gasteiger partial charge in [-0.25, -0.2) is 9.67 Å². The zero-order chi connectivity index (χ0) is 16.9. The molecular formula is C16H23N5O3. The van der Waals surface area contributed by atoms with Gasteiger partial charge in [0, 0.05) is 45.6 Å². The SMILES string of the molecule is CNC(=O)[C@]12CCOC[C@H]1CN(C(=O)c1nc(C3CC3)nn1C)C2. The minimum atomic E-state index is -0.541. The summed E-state index contributed by atoms with van der Waals surface area (Å²) in [5.41, 5.74) is -0.541. The van der Waals surface area contributed by atoms with E-state index in [-0.39, 0.29) is 17.7 Å². The Morgan fingerprint density at radius 2 is 2.17 bits per heavy atom. The molecule has 8 heteroatoms. The third kappa shape index (κ3) is 2.31. The van der Waals surface area contributed by atoms with Gasteiger partial charge in [-0.1, -0.05) is 0 Å². The molecular weight excluding hydrogens is 310 g/mol. The van der Waals surface area contributed by atoms with Crippen molar-refractivity contribution in [1.29, 1.82) is 0 Å². The number of hydrogen-bond donors (Lipinski definition) is 1. The molecule has 1 saturated carbocycles. The van der Waals surface area contributed by atoms with Crippen LogP contribution in [-0.4, -0.2) is 64.8 Å². The summed E-state index contributed by atoms with van der Waals surface area (Å²) in [5.74, 6) is 1.43. The zero-order valence-corrected chi connectivity index (χ0v) is 14.1.